The Balaban J connectivity index is 1.71. The first-order valence-corrected chi connectivity index (χ1v) is 12.9. The summed E-state index contributed by atoms with van der Waals surface area (Å²) in [6.45, 7) is 0. The lowest BCUT2D eigenvalue weighted by molar-refractivity contribution is -0.153. The molecule has 0 amide bonds. The molecule has 2 atom stereocenters. The van der Waals surface area contributed by atoms with Crippen molar-refractivity contribution in [3.8, 4) is 0 Å². The second-order valence-electron chi connectivity index (χ2n) is 9.79. The Kier molecular flexibility index (Phi) is 4.97. The van der Waals surface area contributed by atoms with Crippen LogP contribution in [0.15, 0.2) is 109 Å². The summed E-state index contributed by atoms with van der Waals surface area (Å²) in [5, 5.41) is 4.92. The molecule has 0 N–H and O–H groups in total. The number of halogens is 1. The number of nitrogens with zero attached hydrogens (tertiary/aromatic N) is 1. The Labute approximate surface area is 224 Å². The van der Waals surface area contributed by atoms with E-state index in [9.17, 15) is 9.59 Å². The third-order valence-corrected chi connectivity index (χ3v) is 8.41. The van der Waals surface area contributed by atoms with Gasteiger partial charge in [0.15, 0.2) is 0 Å². The van der Waals surface area contributed by atoms with Crippen LogP contribution in [0.4, 0.5) is 0 Å². The van der Waals surface area contributed by atoms with Crippen molar-refractivity contribution < 1.29 is 14.3 Å². The quantitative estimate of drug-likeness (QED) is 0.184. The van der Waals surface area contributed by atoms with Gasteiger partial charge >= 0.3 is 11.9 Å². The summed E-state index contributed by atoms with van der Waals surface area (Å²) >= 11 is 7.14. The molecule has 1 saturated heterocycles. The van der Waals surface area contributed by atoms with Gasteiger partial charge in [0.05, 0.1) is 0 Å². The summed E-state index contributed by atoms with van der Waals surface area (Å²) in [6.07, 6.45) is 0. The topological polar surface area (TPSA) is 48.3 Å². The molecule has 0 saturated carbocycles. The summed E-state index contributed by atoms with van der Waals surface area (Å²) < 4.78 is 7.49. The zero-order valence-electron chi connectivity index (χ0n) is 20.5. The second kappa shape index (κ2) is 8.30. The number of hydrogen-bond donors (Lipinski definition) is 0. The molecule has 1 aromatic heterocycles. The average Bonchev–Trinajstić information content (AvgIpc) is 3.36. The molecule has 2 heterocycles. The van der Waals surface area contributed by atoms with Crippen LogP contribution in [0.2, 0.25) is 5.15 Å². The summed E-state index contributed by atoms with van der Waals surface area (Å²) in [7, 11) is 1.87. The van der Waals surface area contributed by atoms with Crippen molar-refractivity contribution in [2.24, 2.45) is 7.05 Å². The normalized spacial score (nSPS) is 19.5. The van der Waals surface area contributed by atoms with Crippen molar-refractivity contribution in [3.05, 3.63) is 131 Å². The number of ether oxygens (including phenoxy) is 1. The lowest BCUT2D eigenvalue weighted by Crippen LogP contribution is -2.39. The Morgan fingerprint density at radius 1 is 0.711 bits per heavy atom. The molecule has 4 nitrogen and oxygen atoms in total. The zero-order chi connectivity index (χ0) is 26.0. The molecular formula is C33H22ClNO3. The number of esters is 2. The molecule has 0 aliphatic carbocycles. The summed E-state index contributed by atoms with van der Waals surface area (Å²) in [5.74, 6) is -2.14. The van der Waals surface area contributed by atoms with Crippen LogP contribution < -0.4 is 0 Å². The van der Waals surface area contributed by atoms with Gasteiger partial charge in [0.1, 0.15) is 16.5 Å². The van der Waals surface area contributed by atoms with E-state index in [-0.39, 0.29) is 0 Å². The van der Waals surface area contributed by atoms with Crippen LogP contribution in [-0.2, 0) is 26.8 Å². The number of hydrogen-bond acceptors (Lipinski definition) is 3. The monoisotopic (exact) mass is 515 g/mol. The van der Waals surface area contributed by atoms with Gasteiger partial charge in [-0.1, -0.05) is 115 Å². The molecule has 0 spiro atoms. The number of cyclic esters (lactones) is 2. The first-order chi connectivity index (χ1) is 18.5. The van der Waals surface area contributed by atoms with Crippen LogP contribution in [0.5, 0.6) is 0 Å². The minimum atomic E-state index is -1.51. The maximum atomic E-state index is 14.4. The van der Waals surface area contributed by atoms with Crippen molar-refractivity contribution in [2.45, 2.75) is 11.3 Å². The van der Waals surface area contributed by atoms with E-state index in [1.54, 1.807) is 0 Å². The molecule has 6 aromatic rings. The number of carbonyl (C=O) groups excluding carboxylic acids is 2. The highest BCUT2D eigenvalue weighted by Crippen LogP contribution is 2.56. The van der Waals surface area contributed by atoms with E-state index in [4.69, 9.17) is 16.3 Å². The summed E-state index contributed by atoms with van der Waals surface area (Å²) in [6, 6.07) is 35.3. The van der Waals surface area contributed by atoms with E-state index in [2.05, 4.69) is 0 Å². The Hall–Kier alpha value is -4.41. The van der Waals surface area contributed by atoms with Crippen LogP contribution in [0, 0.1) is 0 Å². The van der Waals surface area contributed by atoms with Crippen LogP contribution in [0.3, 0.4) is 0 Å². The Morgan fingerprint density at radius 3 is 2.05 bits per heavy atom. The average molecular weight is 516 g/mol. The molecule has 38 heavy (non-hydrogen) atoms. The predicted octanol–water partition coefficient (Wildman–Crippen LogP) is 7.29. The van der Waals surface area contributed by atoms with Crippen molar-refractivity contribution in [3.63, 3.8) is 0 Å². The smallest absolute Gasteiger partial charge is 0.330 e. The number of carbonyl (C=O) groups is 2. The van der Waals surface area contributed by atoms with E-state index in [0.29, 0.717) is 16.3 Å². The Bertz CT molecular complexity index is 1930. The van der Waals surface area contributed by atoms with E-state index >= 15 is 0 Å². The third kappa shape index (κ3) is 2.92. The molecule has 1 fully saturated rings. The first-order valence-electron chi connectivity index (χ1n) is 12.5. The van der Waals surface area contributed by atoms with Gasteiger partial charge < -0.3 is 9.30 Å². The molecule has 5 heteroatoms. The van der Waals surface area contributed by atoms with Crippen molar-refractivity contribution >= 4 is 56.0 Å². The van der Waals surface area contributed by atoms with Crippen molar-refractivity contribution in [1.82, 2.24) is 4.57 Å². The maximum Gasteiger partial charge on any atom is 0.330 e. The lowest BCUT2D eigenvalue weighted by atomic mass is 9.63. The Morgan fingerprint density at radius 2 is 1.29 bits per heavy atom. The van der Waals surface area contributed by atoms with Gasteiger partial charge in [0.2, 0.25) is 0 Å². The SMILES string of the molecule is Cn1c(Cl)c(C2(c3cccc4ccccc34)C(=O)OC(=O)C2c2cccc3ccccc23)c2ccccc21. The highest BCUT2D eigenvalue weighted by molar-refractivity contribution is 6.33. The minimum Gasteiger partial charge on any atom is -0.392 e. The zero-order valence-corrected chi connectivity index (χ0v) is 21.3. The third-order valence-electron chi connectivity index (χ3n) is 7.96. The van der Waals surface area contributed by atoms with Gasteiger partial charge in [-0.3, -0.25) is 9.59 Å². The number of aromatic nitrogens is 1. The molecule has 2 unspecified atom stereocenters. The minimum absolute atomic E-state index is 0.399. The van der Waals surface area contributed by atoms with Crippen molar-refractivity contribution in [1.29, 1.82) is 0 Å². The number of benzene rings is 5. The van der Waals surface area contributed by atoms with Gasteiger partial charge in [-0.2, -0.15) is 0 Å². The van der Waals surface area contributed by atoms with Gasteiger partial charge in [-0.15, -0.1) is 0 Å². The number of rotatable bonds is 3. The van der Waals surface area contributed by atoms with Gasteiger partial charge in [-0.25, -0.2) is 0 Å². The largest absolute Gasteiger partial charge is 0.392 e. The second-order valence-corrected chi connectivity index (χ2v) is 10.1. The summed E-state index contributed by atoms with van der Waals surface area (Å²) in [4.78, 5) is 28.3. The lowest BCUT2D eigenvalue weighted by Gasteiger charge is -2.33. The van der Waals surface area contributed by atoms with Crippen LogP contribution >= 0.6 is 11.6 Å². The van der Waals surface area contributed by atoms with E-state index in [1.807, 2.05) is 121 Å². The molecule has 1 aliphatic heterocycles. The molecular weight excluding hydrogens is 494 g/mol. The maximum absolute atomic E-state index is 14.4. The standard InChI is InChI=1S/C33H22ClNO3/c1-35-27-19-7-6-16-25(27)28(30(35)34)33(26-18-9-13-21-11-3-5-15-23(21)26)29(31(36)38-32(33)37)24-17-8-12-20-10-2-4-14-22(20)24/h2-19,29H,1H3. The number of fused-ring (bicyclic) bond motifs is 3. The molecule has 0 bridgehead atoms. The molecule has 7 rings (SSSR count). The molecule has 1 aliphatic rings. The van der Waals surface area contributed by atoms with E-state index in [0.717, 1.165) is 38.0 Å². The number of para-hydroxylation sites is 1. The van der Waals surface area contributed by atoms with E-state index in [1.165, 1.54) is 0 Å². The molecule has 0 radical (unpaired) electrons. The highest BCUT2D eigenvalue weighted by Gasteiger charge is 2.63. The predicted molar refractivity (Wildman–Crippen MR) is 150 cm³/mol. The molecule has 184 valence electrons. The van der Waals surface area contributed by atoms with Crippen LogP contribution in [0.1, 0.15) is 22.6 Å². The fraction of sp³-hybridized carbons (Fsp3) is 0.0909. The number of aryl methyl sites for hydroxylation is 1. The van der Waals surface area contributed by atoms with Crippen molar-refractivity contribution in [2.75, 3.05) is 0 Å². The van der Waals surface area contributed by atoms with E-state index < -0.39 is 23.3 Å². The molecule has 5 aromatic carbocycles. The van der Waals surface area contributed by atoms with Crippen LogP contribution in [-0.4, -0.2) is 16.5 Å². The highest BCUT2D eigenvalue weighted by atomic mass is 35.5. The van der Waals surface area contributed by atoms with Crippen LogP contribution in [0.25, 0.3) is 32.4 Å². The van der Waals surface area contributed by atoms with Gasteiger partial charge in [0.25, 0.3) is 0 Å². The first kappa shape index (κ1) is 22.8. The fourth-order valence-electron chi connectivity index (χ4n) is 6.34. The van der Waals surface area contributed by atoms with Gasteiger partial charge in [-0.05, 0) is 38.7 Å². The fourth-order valence-corrected chi connectivity index (χ4v) is 6.68. The van der Waals surface area contributed by atoms with Gasteiger partial charge in [0, 0.05) is 23.5 Å². The summed E-state index contributed by atoms with van der Waals surface area (Å²) in [5.41, 5.74) is 1.37.